The molecule has 1 aromatic rings. The maximum Gasteiger partial charge on any atom is 0.408 e. The molecule has 21 heavy (non-hydrogen) atoms. The molecular weight excluding hydrogens is 299 g/mol. The normalized spacial score (nSPS) is 20.4. The van der Waals surface area contributed by atoms with E-state index < -0.39 is 25.8 Å². The number of carbonyl (C=O) groups is 2. The molecule has 1 saturated heterocycles. The number of carbonyl (C=O) groups excluding carboxylic acids is 2. The Kier molecular flexibility index (Phi) is 4.62. The highest BCUT2D eigenvalue weighted by Crippen LogP contribution is 2.44. The standard InChI is InChI=1S/C12H15N2O6P/c1-19-21(17,18)14-7-10(11(14)15)13-12(16)20-8-9-5-3-2-4-6-9/h2-6,10H,7-8H2,1H3,(H,13,16)(H,17,18)/p-1. The fraction of sp³-hybridized carbons (Fsp3) is 0.333. The van der Waals surface area contributed by atoms with Gasteiger partial charge in [-0.05, 0) is 5.56 Å². The van der Waals surface area contributed by atoms with Gasteiger partial charge in [-0.15, -0.1) is 0 Å². The third kappa shape index (κ3) is 3.60. The smallest absolute Gasteiger partial charge is 0.408 e. The Labute approximate surface area is 121 Å². The van der Waals surface area contributed by atoms with Crippen LogP contribution in [0.15, 0.2) is 30.3 Å². The van der Waals surface area contributed by atoms with Crippen LogP contribution in [-0.2, 0) is 25.2 Å². The molecule has 1 aliphatic rings. The van der Waals surface area contributed by atoms with Crippen molar-refractivity contribution in [1.82, 2.24) is 9.99 Å². The van der Waals surface area contributed by atoms with Crippen LogP contribution in [0, 0.1) is 0 Å². The van der Waals surface area contributed by atoms with E-state index in [1.165, 1.54) is 0 Å². The molecule has 2 atom stereocenters. The first-order chi connectivity index (χ1) is 9.94. The lowest BCUT2D eigenvalue weighted by atomic mass is 10.2. The minimum absolute atomic E-state index is 0.0649. The van der Waals surface area contributed by atoms with E-state index in [1.807, 2.05) is 6.07 Å². The number of alkyl carbamates (subject to hydrolysis) is 1. The number of hydrogen-bond donors (Lipinski definition) is 1. The Balaban J connectivity index is 1.78. The molecule has 2 unspecified atom stereocenters. The van der Waals surface area contributed by atoms with Crippen molar-refractivity contribution in [2.75, 3.05) is 13.7 Å². The summed E-state index contributed by atoms with van der Waals surface area (Å²) < 4.78 is 21.0. The second-order valence-electron chi connectivity index (χ2n) is 4.33. The first-order valence-electron chi connectivity index (χ1n) is 6.10. The zero-order valence-corrected chi connectivity index (χ0v) is 12.1. The quantitative estimate of drug-likeness (QED) is 0.616. The Bertz CT molecular complexity index is 578. The van der Waals surface area contributed by atoms with Gasteiger partial charge in [0.1, 0.15) is 12.6 Å². The first-order valence-corrected chi connectivity index (χ1v) is 7.59. The van der Waals surface area contributed by atoms with Crippen molar-refractivity contribution in [2.45, 2.75) is 12.6 Å². The summed E-state index contributed by atoms with van der Waals surface area (Å²) in [4.78, 5) is 34.4. The van der Waals surface area contributed by atoms with Crippen LogP contribution >= 0.6 is 7.75 Å². The van der Waals surface area contributed by atoms with Gasteiger partial charge in [0.2, 0.25) is 7.75 Å². The summed E-state index contributed by atoms with van der Waals surface area (Å²) in [7, 11) is -3.37. The fourth-order valence-corrected chi connectivity index (χ4v) is 2.68. The molecule has 0 bridgehead atoms. The maximum atomic E-state index is 11.6. The average molecular weight is 313 g/mol. The van der Waals surface area contributed by atoms with Crippen LogP contribution in [0.5, 0.6) is 0 Å². The molecule has 1 N–H and O–H groups in total. The highest BCUT2D eigenvalue weighted by Gasteiger charge is 2.43. The van der Waals surface area contributed by atoms with E-state index in [-0.39, 0.29) is 13.2 Å². The molecule has 1 fully saturated rings. The van der Waals surface area contributed by atoms with Crippen LogP contribution in [0.4, 0.5) is 4.79 Å². The number of ether oxygens (including phenoxy) is 1. The molecule has 114 valence electrons. The van der Waals surface area contributed by atoms with Crippen LogP contribution < -0.4 is 10.2 Å². The van der Waals surface area contributed by atoms with E-state index in [0.29, 0.717) is 4.67 Å². The third-order valence-corrected chi connectivity index (χ3v) is 4.35. The highest BCUT2D eigenvalue weighted by atomic mass is 31.2. The Hall–Kier alpha value is -1.89. The summed E-state index contributed by atoms with van der Waals surface area (Å²) in [5.74, 6) is -0.744. The van der Waals surface area contributed by atoms with Crippen LogP contribution in [0.25, 0.3) is 0 Å². The van der Waals surface area contributed by atoms with Gasteiger partial charge in [0.25, 0.3) is 5.91 Å². The van der Waals surface area contributed by atoms with Gasteiger partial charge in [-0.1, -0.05) is 30.3 Å². The van der Waals surface area contributed by atoms with Gasteiger partial charge in [-0.2, -0.15) is 0 Å². The number of amides is 2. The zero-order valence-electron chi connectivity index (χ0n) is 11.2. The summed E-state index contributed by atoms with van der Waals surface area (Å²) in [5.41, 5.74) is 0.803. The SMILES string of the molecule is COP(=O)([O-])N1CC(NC(=O)OCc2ccccc2)C1=O. The number of hydrogen-bond acceptors (Lipinski definition) is 6. The van der Waals surface area contributed by atoms with Crippen molar-refractivity contribution in [2.24, 2.45) is 0 Å². The average Bonchev–Trinajstić information content (AvgIpc) is 2.49. The van der Waals surface area contributed by atoms with E-state index in [2.05, 4.69) is 9.84 Å². The Morgan fingerprint density at radius 1 is 1.48 bits per heavy atom. The molecule has 9 heteroatoms. The number of rotatable bonds is 5. The largest absolute Gasteiger partial charge is 0.761 e. The molecule has 0 radical (unpaired) electrons. The molecule has 0 aliphatic carbocycles. The molecule has 2 amide bonds. The van der Waals surface area contributed by atoms with E-state index in [1.54, 1.807) is 24.3 Å². The monoisotopic (exact) mass is 313 g/mol. The molecule has 2 rings (SSSR count). The Morgan fingerprint density at radius 2 is 2.14 bits per heavy atom. The van der Waals surface area contributed by atoms with Gasteiger partial charge >= 0.3 is 6.09 Å². The maximum absolute atomic E-state index is 11.6. The zero-order chi connectivity index (χ0) is 15.5. The topological polar surface area (TPSA) is 108 Å². The lowest BCUT2D eigenvalue weighted by Gasteiger charge is -2.44. The summed E-state index contributed by atoms with van der Waals surface area (Å²) in [5, 5.41) is 2.29. The lowest BCUT2D eigenvalue weighted by molar-refractivity contribution is -0.214. The predicted molar refractivity (Wildman–Crippen MR) is 69.9 cm³/mol. The van der Waals surface area contributed by atoms with Crippen LogP contribution in [0.3, 0.4) is 0 Å². The summed E-state index contributed by atoms with van der Waals surface area (Å²) in [6, 6.07) is 8.11. The summed E-state index contributed by atoms with van der Waals surface area (Å²) in [6.07, 6.45) is -0.782. The molecule has 1 aliphatic heterocycles. The second kappa shape index (κ2) is 6.26. The van der Waals surface area contributed by atoms with Gasteiger partial charge in [-0.3, -0.25) is 14.0 Å². The van der Waals surface area contributed by atoms with Crippen LogP contribution in [0.2, 0.25) is 0 Å². The minimum Gasteiger partial charge on any atom is -0.761 e. The first kappa shape index (κ1) is 15.5. The van der Waals surface area contributed by atoms with Gasteiger partial charge in [-0.25, -0.2) is 4.79 Å². The van der Waals surface area contributed by atoms with Gasteiger partial charge in [0.05, 0.1) is 6.54 Å². The third-order valence-electron chi connectivity index (χ3n) is 2.94. The molecule has 1 aromatic carbocycles. The van der Waals surface area contributed by atoms with Crippen molar-refractivity contribution >= 4 is 19.7 Å². The number of β-lactam (4-membered cyclic amide) rings is 1. The molecule has 8 nitrogen and oxygen atoms in total. The number of nitrogens with one attached hydrogen (secondary N) is 1. The molecule has 0 saturated carbocycles. The van der Waals surface area contributed by atoms with Crippen LogP contribution in [0.1, 0.15) is 5.56 Å². The Morgan fingerprint density at radius 3 is 2.71 bits per heavy atom. The predicted octanol–water partition coefficient (Wildman–Crippen LogP) is 0.238. The van der Waals surface area contributed by atoms with E-state index in [9.17, 15) is 19.0 Å². The van der Waals surface area contributed by atoms with E-state index >= 15 is 0 Å². The molecule has 1 heterocycles. The van der Waals surface area contributed by atoms with Crippen molar-refractivity contribution in [3.63, 3.8) is 0 Å². The molecule has 0 aromatic heterocycles. The number of nitrogens with zero attached hydrogens (tertiary/aromatic N) is 1. The molecular formula is C12H14N2O6P-. The lowest BCUT2D eigenvalue weighted by Crippen LogP contribution is -2.63. The second-order valence-corrected chi connectivity index (χ2v) is 6.12. The van der Waals surface area contributed by atoms with Gasteiger partial charge < -0.3 is 19.5 Å². The van der Waals surface area contributed by atoms with E-state index in [0.717, 1.165) is 12.7 Å². The summed E-state index contributed by atoms with van der Waals surface area (Å²) in [6.45, 7) is -0.0939. The van der Waals surface area contributed by atoms with Gasteiger partial charge in [0.15, 0.2) is 0 Å². The fourth-order valence-electron chi connectivity index (χ4n) is 1.74. The summed E-state index contributed by atoms with van der Waals surface area (Å²) >= 11 is 0. The van der Waals surface area contributed by atoms with Crippen molar-refractivity contribution < 1.29 is 28.3 Å². The van der Waals surface area contributed by atoms with Crippen LogP contribution in [-0.4, -0.2) is 36.4 Å². The van der Waals surface area contributed by atoms with Crippen molar-refractivity contribution in [1.29, 1.82) is 0 Å². The van der Waals surface area contributed by atoms with Crippen molar-refractivity contribution in [3.8, 4) is 0 Å². The number of benzene rings is 1. The van der Waals surface area contributed by atoms with Gasteiger partial charge in [0, 0.05) is 7.11 Å². The minimum atomic E-state index is -4.34. The molecule has 0 spiro atoms. The van der Waals surface area contributed by atoms with E-state index in [4.69, 9.17) is 4.74 Å². The highest BCUT2D eigenvalue weighted by molar-refractivity contribution is 7.49. The van der Waals surface area contributed by atoms with Crippen molar-refractivity contribution in [3.05, 3.63) is 35.9 Å².